The molecular formula is C12H19N5O2. The lowest BCUT2D eigenvalue weighted by molar-refractivity contribution is -0.141. The molecule has 0 aromatic carbocycles. The summed E-state index contributed by atoms with van der Waals surface area (Å²) in [5.41, 5.74) is 0. The van der Waals surface area contributed by atoms with Gasteiger partial charge in [0.1, 0.15) is 12.2 Å². The summed E-state index contributed by atoms with van der Waals surface area (Å²) in [6.45, 7) is 4.28. The first-order chi connectivity index (χ1) is 9.04. The number of carbonyl (C=O) groups is 2. The number of rotatable bonds is 5. The van der Waals surface area contributed by atoms with Crippen molar-refractivity contribution in [1.29, 1.82) is 0 Å². The highest BCUT2D eigenvalue weighted by Gasteiger charge is 2.40. The molecule has 1 aliphatic heterocycles. The quantitative estimate of drug-likeness (QED) is 0.748. The summed E-state index contributed by atoms with van der Waals surface area (Å²) in [6, 6.07) is -0.486. The average molecular weight is 265 g/mol. The molecule has 0 radical (unpaired) electrons. The summed E-state index contributed by atoms with van der Waals surface area (Å²) in [5, 5.41) is 10.8. The van der Waals surface area contributed by atoms with Crippen LogP contribution in [-0.2, 0) is 23.2 Å². The maximum absolute atomic E-state index is 12.2. The molecule has 0 spiro atoms. The van der Waals surface area contributed by atoms with Gasteiger partial charge in [0, 0.05) is 13.1 Å². The van der Waals surface area contributed by atoms with Gasteiger partial charge in [-0.05, 0) is 13.3 Å². The van der Waals surface area contributed by atoms with Crippen LogP contribution in [0.2, 0.25) is 0 Å². The second-order valence-electron chi connectivity index (χ2n) is 4.85. The lowest BCUT2D eigenvalue weighted by Gasteiger charge is -2.21. The van der Waals surface area contributed by atoms with Gasteiger partial charge in [-0.3, -0.25) is 19.8 Å². The van der Waals surface area contributed by atoms with E-state index < -0.39 is 6.04 Å². The van der Waals surface area contributed by atoms with Crippen LogP contribution in [-0.4, -0.2) is 43.6 Å². The van der Waals surface area contributed by atoms with Crippen molar-refractivity contribution in [3.8, 4) is 0 Å². The SMILES string of the molecule is CCC(C)N1C(=O)CC(NCc2nncn2C)C1=O. The Balaban J connectivity index is 1.98. The van der Waals surface area contributed by atoms with Gasteiger partial charge in [-0.1, -0.05) is 6.92 Å². The van der Waals surface area contributed by atoms with E-state index in [0.29, 0.717) is 6.54 Å². The van der Waals surface area contributed by atoms with Gasteiger partial charge >= 0.3 is 0 Å². The molecule has 19 heavy (non-hydrogen) atoms. The van der Waals surface area contributed by atoms with Crippen molar-refractivity contribution in [2.75, 3.05) is 0 Å². The largest absolute Gasteiger partial charge is 0.320 e. The van der Waals surface area contributed by atoms with E-state index in [4.69, 9.17) is 0 Å². The van der Waals surface area contributed by atoms with Crippen molar-refractivity contribution >= 4 is 11.8 Å². The zero-order chi connectivity index (χ0) is 14.0. The van der Waals surface area contributed by atoms with Crippen LogP contribution in [0, 0.1) is 0 Å². The Morgan fingerprint density at radius 2 is 2.26 bits per heavy atom. The van der Waals surface area contributed by atoms with Crippen molar-refractivity contribution < 1.29 is 9.59 Å². The molecule has 2 unspecified atom stereocenters. The highest BCUT2D eigenvalue weighted by atomic mass is 16.2. The molecular weight excluding hydrogens is 246 g/mol. The van der Waals surface area contributed by atoms with Crippen LogP contribution >= 0.6 is 0 Å². The Morgan fingerprint density at radius 3 is 2.84 bits per heavy atom. The summed E-state index contributed by atoms with van der Waals surface area (Å²) in [7, 11) is 1.84. The highest BCUT2D eigenvalue weighted by molar-refractivity contribution is 6.05. The molecule has 7 nitrogen and oxygen atoms in total. The fraction of sp³-hybridized carbons (Fsp3) is 0.667. The number of hydrogen-bond acceptors (Lipinski definition) is 5. The van der Waals surface area contributed by atoms with E-state index in [9.17, 15) is 9.59 Å². The lowest BCUT2D eigenvalue weighted by Crippen LogP contribution is -2.42. The molecule has 104 valence electrons. The maximum Gasteiger partial charge on any atom is 0.247 e. The normalized spacial score (nSPS) is 21.2. The molecule has 2 rings (SSSR count). The Kier molecular flexibility index (Phi) is 3.94. The predicted octanol–water partition coefficient (Wildman–Crippen LogP) is -0.169. The van der Waals surface area contributed by atoms with E-state index in [1.807, 2.05) is 20.9 Å². The van der Waals surface area contributed by atoms with Crippen LogP contribution in [0.3, 0.4) is 0 Å². The fourth-order valence-corrected chi connectivity index (χ4v) is 2.14. The van der Waals surface area contributed by atoms with Gasteiger partial charge in [0.15, 0.2) is 0 Å². The summed E-state index contributed by atoms with van der Waals surface area (Å²) in [6.07, 6.45) is 2.60. The number of imide groups is 1. The average Bonchev–Trinajstić information content (AvgIpc) is 2.90. The van der Waals surface area contributed by atoms with Crippen molar-refractivity contribution in [3.63, 3.8) is 0 Å². The van der Waals surface area contributed by atoms with Crippen molar-refractivity contribution in [2.24, 2.45) is 7.05 Å². The van der Waals surface area contributed by atoms with Crippen LogP contribution in [0.4, 0.5) is 0 Å². The molecule has 7 heteroatoms. The minimum absolute atomic E-state index is 0.0402. The smallest absolute Gasteiger partial charge is 0.247 e. The van der Waals surface area contributed by atoms with E-state index in [0.717, 1.165) is 12.2 Å². The first-order valence-electron chi connectivity index (χ1n) is 6.46. The summed E-state index contributed by atoms with van der Waals surface area (Å²) in [4.78, 5) is 25.4. The topological polar surface area (TPSA) is 80.1 Å². The Morgan fingerprint density at radius 1 is 1.53 bits per heavy atom. The first kappa shape index (κ1) is 13.7. The zero-order valence-corrected chi connectivity index (χ0v) is 11.5. The van der Waals surface area contributed by atoms with Crippen LogP contribution in [0.25, 0.3) is 0 Å². The molecule has 0 aliphatic carbocycles. The minimum Gasteiger partial charge on any atom is -0.320 e. The lowest BCUT2D eigenvalue weighted by atomic mass is 10.2. The van der Waals surface area contributed by atoms with Gasteiger partial charge in [0.2, 0.25) is 11.8 Å². The van der Waals surface area contributed by atoms with Crippen LogP contribution in [0.5, 0.6) is 0 Å². The number of nitrogens with one attached hydrogen (secondary N) is 1. The third kappa shape index (κ3) is 2.65. The summed E-state index contributed by atoms with van der Waals surface area (Å²) in [5.74, 6) is 0.499. The fourth-order valence-electron chi connectivity index (χ4n) is 2.14. The number of nitrogens with zero attached hydrogens (tertiary/aromatic N) is 4. The molecule has 1 aromatic rings. The second kappa shape index (κ2) is 5.48. The molecule has 0 bridgehead atoms. The molecule has 2 heterocycles. The van der Waals surface area contributed by atoms with Crippen LogP contribution in [0.15, 0.2) is 6.33 Å². The number of aromatic nitrogens is 3. The molecule has 1 N–H and O–H groups in total. The monoisotopic (exact) mass is 265 g/mol. The molecule has 0 saturated carbocycles. The maximum atomic E-state index is 12.2. The number of carbonyl (C=O) groups excluding carboxylic acids is 2. The van der Waals surface area contributed by atoms with Gasteiger partial charge in [-0.25, -0.2) is 0 Å². The third-order valence-electron chi connectivity index (χ3n) is 3.53. The van der Waals surface area contributed by atoms with Crippen LogP contribution < -0.4 is 5.32 Å². The number of aryl methyl sites for hydroxylation is 1. The van der Waals surface area contributed by atoms with Crippen molar-refractivity contribution in [1.82, 2.24) is 25.0 Å². The van der Waals surface area contributed by atoms with E-state index in [1.165, 1.54) is 4.90 Å². The minimum atomic E-state index is -0.446. The molecule has 1 saturated heterocycles. The Bertz CT molecular complexity index is 484. The molecule has 1 fully saturated rings. The van der Waals surface area contributed by atoms with Crippen molar-refractivity contribution in [2.45, 2.75) is 45.3 Å². The number of hydrogen-bond donors (Lipinski definition) is 1. The zero-order valence-electron chi connectivity index (χ0n) is 11.5. The van der Waals surface area contributed by atoms with Gasteiger partial charge < -0.3 is 4.57 Å². The predicted molar refractivity (Wildman–Crippen MR) is 67.9 cm³/mol. The standard InChI is InChI=1S/C12H19N5O2/c1-4-8(2)17-11(18)5-9(12(17)19)13-6-10-15-14-7-16(10)3/h7-9,13H,4-6H2,1-3H3. The van der Waals surface area contributed by atoms with Gasteiger partial charge in [0.25, 0.3) is 0 Å². The number of amides is 2. The molecule has 2 atom stereocenters. The van der Waals surface area contributed by atoms with Crippen LogP contribution in [0.1, 0.15) is 32.5 Å². The van der Waals surface area contributed by atoms with Gasteiger partial charge in [0.05, 0.1) is 19.0 Å². The van der Waals surface area contributed by atoms with Gasteiger partial charge in [-0.2, -0.15) is 0 Å². The third-order valence-corrected chi connectivity index (χ3v) is 3.53. The molecule has 1 aromatic heterocycles. The summed E-state index contributed by atoms with van der Waals surface area (Å²) >= 11 is 0. The second-order valence-corrected chi connectivity index (χ2v) is 4.85. The molecule has 2 amide bonds. The van der Waals surface area contributed by atoms with E-state index in [1.54, 1.807) is 10.9 Å². The highest BCUT2D eigenvalue weighted by Crippen LogP contribution is 2.18. The first-order valence-corrected chi connectivity index (χ1v) is 6.46. The number of likely N-dealkylation sites (tertiary alicyclic amines) is 1. The van der Waals surface area contributed by atoms with Gasteiger partial charge in [-0.15, -0.1) is 10.2 Å². The van der Waals surface area contributed by atoms with Crippen molar-refractivity contribution in [3.05, 3.63) is 12.2 Å². The Hall–Kier alpha value is -1.76. The molecule has 1 aliphatic rings. The van der Waals surface area contributed by atoms with E-state index in [2.05, 4.69) is 15.5 Å². The Labute approximate surface area is 112 Å². The van der Waals surface area contributed by atoms with E-state index in [-0.39, 0.29) is 24.3 Å². The van der Waals surface area contributed by atoms with E-state index >= 15 is 0 Å². The summed E-state index contributed by atoms with van der Waals surface area (Å²) < 4.78 is 1.78.